The van der Waals surface area contributed by atoms with E-state index in [1.807, 2.05) is 18.9 Å². The Labute approximate surface area is 133 Å². The number of rotatable bonds is 3. The number of fused-ring (bicyclic) bond motifs is 1. The molecule has 3 rings (SSSR count). The molecule has 0 saturated carbocycles. The Balaban J connectivity index is 2.17. The van der Waals surface area contributed by atoms with Gasteiger partial charge in [0.2, 0.25) is 5.43 Å². The zero-order valence-electron chi connectivity index (χ0n) is 13.3. The van der Waals surface area contributed by atoms with Crippen LogP contribution in [0.4, 0.5) is 10.2 Å². The largest absolute Gasteiger partial charge is 0.352 e. The van der Waals surface area contributed by atoms with Crippen LogP contribution in [0.15, 0.2) is 17.1 Å². The van der Waals surface area contributed by atoms with Crippen molar-refractivity contribution in [1.29, 1.82) is 0 Å². The van der Waals surface area contributed by atoms with Gasteiger partial charge in [-0.25, -0.2) is 9.37 Å². The maximum atomic E-state index is 14.5. The standard InChI is InChI=1S/C16H19FN4O2/c1-3-20-9-11(10-22)14(23)12-8-13(17)16(18-15(12)20)21-6-4-19(2)5-7-21/h8-10H,3-7H2,1-2H3. The quantitative estimate of drug-likeness (QED) is 0.794. The highest BCUT2D eigenvalue weighted by atomic mass is 19.1. The lowest BCUT2D eigenvalue weighted by Gasteiger charge is -2.33. The van der Waals surface area contributed by atoms with E-state index >= 15 is 0 Å². The first-order valence-electron chi connectivity index (χ1n) is 7.67. The molecular formula is C16H19FN4O2. The van der Waals surface area contributed by atoms with Gasteiger partial charge in [0.25, 0.3) is 0 Å². The lowest BCUT2D eigenvalue weighted by molar-refractivity contribution is 0.112. The number of halogens is 1. The molecule has 1 saturated heterocycles. The zero-order chi connectivity index (χ0) is 16.6. The normalized spacial score (nSPS) is 16.0. The van der Waals surface area contributed by atoms with Gasteiger partial charge in [0.1, 0.15) is 5.65 Å². The lowest BCUT2D eigenvalue weighted by Crippen LogP contribution is -2.45. The fourth-order valence-electron chi connectivity index (χ4n) is 2.86. The summed E-state index contributed by atoms with van der Waals surface area (Å²) in [5.74, 6) is -0.254. The minimum absolute atomic E-state index is 0.0212. The van der Waals surface area contributed by atoms with Gasteiger partial charge in [-0.2, -0.15) is 0 Å². The molecule has 0 spiro atoms. The van der Waals surface area contributed by atoms with Crippen molar-refractivity contribution in [2.45, 2.75) is 13.5 Å². The van der Waals surface area contributed by atoms with Crippen molar-refractivity contribution in [3.8, 4) is 0 Å². The fourth-order valence-corrected chi connectivity index (χ4v) is 2.86. The SMILES string of the molecule is CCn1cc(C=O)c(=O)c2cc(F)c(N3CCN(C)CC3)nc21. The molecule has 23 heavy (non-hydrogen) atoms. The number of aryl methyl sites for hydroxylation is 1. The van der Waals surface area contributed by atoms with Crippen LogP contribution in [0.25, 0.3) is 11.0 Å². The van der Waals surface area contributed by atoms with Crippen molar-refractivity contribution >= 4 is 23.1 Å². The van der Waals surface area contributed by atoms with Gasteiger partial charge in [-0.05, 0) is 20.0 Å². The van der Waals surface area contributed by atoms with Gasteiger partial charge in [-0.1, -0.05) is 0 Å². The Morgan fingerprint density at radius 3 is 2.61 bits per heavy atom. The van der Waals surface area contributed by atoms with Gasteiger partial charge >= 0.3 is 0 Å². The highest BCUT2D eigenvalue weighted by Gasteiger charge is 2.21. The number of pyridine rings is 2. The molecule has 0 unspecified atom stereocenters. The summed E-state index contributed by atoms with van der Waals surface area (Å²) in [5, 5.41) is 0.145. The van der Waals surface area contributed by atoms with Crippen molar-refractivity contribution in [2.75, 3.05) is 38.1 Å². The maximum absolute atomic E-state index is 14.5. The monoisotopic (exact) mass is 318 g/mol. The predicted molar refractivity (Wildman–Crippen MR) is 86.7 cm³/mol. The van der Waals surface area contributed by atoms with Gasteiger partial charge in [0.05, 0.1) is 10.9 Å². The molecule has 0 radical (unpaired) electrons. The number of hydrogen-bond acceptors (Lipinski definition) is 5. The number of anilines is 1. The van der Waals surface area contributed by atoms with Gasteiger partial charge in [-0.15, -0.1) is 0 Å². The van der Waals surface area contributed by atoms with Crippen LogP contribution in [0.3, 0.4) is 0 Å². The van der Waals surface area contributed by atoms with Crippen LogP contribution < -0.4 is 10.3 Å². The molecule has 0 aromatic carbocycles. The van der Waals surface area contributed by atoms with E-state index in [4.69, 9.17) is 0 Å². The number of nitrogens with zero attached hydrogens (tertiary/aromatic N) is 4. The Bertz CT molecular complexity index is 810. The molecule has 2 aromatic heterocycles. The molecule has 6 nitrogen and oxygen atoms in total. The molecular weight excluding hydrogens is 299 g/mol. The van der Waals surface area contributed by atoms with Crippen LogP contribution >= 0.6 is 0 Å². The van der Waals surface area contributed by atoms with Gasteiger partial charge in [-0.3, -0.25) is 9.59 Å². The second-order valence-electron chi connectivity index (χ2n) is 5.77. The van der Waals surface area contributed by atoms with Crippen LogP contribution in [0.5, 0.6) is 0 Å². The van der Waals surface area contributed by atoms with E-state index in [9.17, 15) is 14.0 Å². The van der Waals surface area contributed by atoms with Crippen LogP contribution in [0.2, 0.25) is 0 Å². The van der Waals surface area contributed by atoms with E-state index in [-0.39, 0.29) is 16.8 Å². The molecule has 1 fully saturated rings. The average Bonchev–Trinajstić information content (AvgIpc) is 2.56. The maximum Gasteiger partial charge on any atom is 0.201 e. The van der Waals surface area contributed by atoms with Crippen molar-refractivity contribution < 1.29 is 9.18 Å². The summed E-state index contributed by atoms with van der Waals surface area (Å²) in [4.78, 5) is 31.7. The first-order valence-corrected chi connectivity index (χ1v) is 7.67. The minimum atomic E-state index is -0.523. The zero-order valence-corrected chi connectivity index (χ0v) is 13.3. The van der Waals surface area contributed by atoms with Crippen LogP contribution in [-0.2, 0) is 6.54 Å². The van der Waals surface area contributed by atoms with Gasteiger partial charge in [0, 0.05) is 38.9 Å². The van der Waals surface area contributed by atoms with Gasteiger partial charge < -0.3 is 14.4 Å². The minimum Gasteiger partial charge on any atom is -0.352 e. The number of hydrogen-bond donors (Lipinski definition) is 0. The summed E-state index contributed by atoms with van der Waals surface area (Å²) in [7, 11) is 2.03. The van der Waals surface area contributed by atoms with E-state index in [1.54, 1.807) is 4.57 Å². The molecule has 7 heteroatoms. The highest BCUT2D eigenvalue weighted by Crippen LogP contribution is 2.22. The topological polar surface area (TPSA) is 58.4 Å². The van der Waals surface area contributed by atoms with Crippen molar-refractivity contribution in [1.82, 2.24) is 14.5 Å². The first kappa shape index (κ1) is 15.6. The summed E-state index contributed by atoms with van der Waals surface area (Å²) in [6.45, 7) is 5.48. The van der Waals surface area contributed by atoms with Crippen LogP contribution in [0, 0.1) is 5.82 Å². The average molecular weight is 318 g/mol. The lowest BCUT2D eigenvalue weighted by atomic mass is 10.2. The second-order valence-corrected chi connectivity index (χ2v) is 5.77. The molecule has 0 aliphatic carbocycles. The van der Waals surface area contributed by atoms with E-state index in [1.165, 1.54) is 12.3 Å². The molecule has 122 valence electrons. The van der Waals surface area contributed by atoms with Crippen molar-refractivity contribution in [3.63, 3.8) is 0 Å². The van der Waals surface area contributed by atoms with Gasteiger partial charge in [0.15, 0.2) is 17.9 Å². The summed E-state index contributed by atoms with van der Waals surface area (Å²) < 4.78 is 16.2. The van der Waals surface area contributed by atoms with Crippen LogP contribution in [0.1, 0.15) is 17.3 Å². The van der Waals surface area contributed by atoms with E-state index < -0.39 is 11.2 Å². The summed E-state index contributed by atoms with van der Waals surface area (Å²) in [6, 6.07) is 1.21. The molecule has 3 heterocycles. The van der Waals surface area contributed by atoms with E-state index in [0.717, 1.165) is 13.1 Å². The Hall–Kier alpha value is -2.28. The third-order valence-corrected chi connectivity index (χ3v) is 4.28. The Kier molecular flexibility index (Phi) is 4.12. The number of aromatic nitrogens is 2. The number of carbonyl (C=O) groups is 1. The predicted octanol–water partition coefficient (Wildman–Crippen LogP) is 1.12. The highest BCUT2D eigenvalue weighted by molar-refractivity contribution is 5.85. The van der Waals surface area contributed by atoms with E-state index in [0.29, 0.717) is 31.6 Å². The summed E-state index contributed by atoms with van der Waals surface area (Å²) in [5.41, 5.74) is -0.0395. The first-order chi connectivity index (χ1) is 11.0. The van der Waals surface area contributed by atoms with Crippen molar-refractivity contribution in [3.05, 3.63) is 33.9 Å². The third-order valence-electron chi connectivity index (χ3n) is 4.28. The number of carbonyl (C=O) groups excluding carboxylic acids is 1. The van der Waals surface area contributed by atoms with Crippen LogP contribution in [-0.4, -0.2) is 54.0 Å². The molecule has 0 atom stereocenters. The van der Waals surface area contributed by atoms with Crippen molar-refractivity contribution in [2.24, 2.45) is 0 Å². The molecule has 0 amide bonds. The number of piperazine rings is 1. The van der Waals surface area contributed by atoms with E-state index in [2.05, 4.69) is 9.88 Å². The summed E-state index contributed by atoms with van der Waals surface area (Å²) in [6.07, 6.45) is 1.98. The summed E-state index contributed by atoms with van der Waals surface area (Å²) >= 11 is 0. The second kappa shape index (κ2) is 6.08. The Morgan fingerprint density at radius 1 is 1.30 bits per heavy atom. The number of aldehydes is 1. The Morgan fingerprint density at radius 2 is 2.00 bits per heavy atom. The smallest absolute Gasteiger partial charge is 0.201 e. The molecule has 0 bridgehead atoms. The number of likely N-dealkylation sites (N-methyl/N-ethyl adjacent to an activating group) is 1. The third kappa shape index (κ3) is 2.72. The fraction of sp³-hybridized carbons (Fsp3) is 0.438. The molecule has 1 aliphatic heterocycles. The molecule has 2 aromatic rings. The molecule has 0 N–H and O–H groups in total. The molecule has 1 aliphatic rings.